The monoisotopic (exact) mass is 480 g/mol. The van der Waals surface area contributed by atoms with Crippen LogP contribution in [0.5, 0.6) is 0 Å². The SMILES string of the molecule is COP(=O)(OC)C([N+]#N)=C([O-])CC(CO[Si](C)(C)C(C)(C)C)O[Si](C)(C)C(C)(C)C. The summed E-state index contributed by atoms with van der Waals surface area (Å²) in [5.74, 6) is -0.660. The Kier molecular flexibility index (Phi) is 10.2. The number of nitrogens with zero attached hydrogens (tertiary/aromatic N) is 2. The second-order valence-electron chi connectivity index (χ2n) is 10.5. The molecule has 0 radical (unpaired) electrons. The minimum absolute atomic E-state index is 0.00193. The van der Waals surface area contributed by atoms with Crippen LogP contribution in [-0.4, -0.2) is 43.6 Å². The summed E-state index contributed by atoms with van der Waals surface area (Å²) >= 11 is 0. The first-order valence-corrected chi connectivity index (χ1v) is 17.4. The predicted molar refractivity (Wildman–Crippen MR) is 124 cm³/mol. The average Bonchev–Trinajstić information content (AvgIpc) is 2.57. The summed E-state index contributed by atoms with van der Waals surface area (Å²) in [7, 11) is -6.05. The minimum Gasteiger partial charge on any atom is -0.870 e. The van der Waals surface area contributed by atoms with Gasteiger partial charge in [0.25, 0.3) is 0 Å². The van der Waals surface area contributed by atoms with E-state index in [1.54, 1.807) is 0 Å². The average molecular weight is 481 g/mol. The van der Waals surface area contributed by atoms with Crippen LogP contribution in [0.2, 0.25) is 36.3 Å². The third-order valence-electron chi connectivity index (χ3n) is 6.20. The zero-order valence-electron chi connectivity index (χ0n) is 20.8. The Morgan fingerprint density at radius 1 is 1.00 bits per heavy atom. The molecule has 8 nitrogen and oxygen atoms in total. The first kappa shape index (κ1) is 29.5. The van der Waals surface area contributed by atoms with Gasteiger partial charge in [0, 0.05) is 14.2 Å². The van der Waals surface area contributed by atoms with Crippen molar-refractivity contribution in [2.24, 2.45) is 0 Å². The molecule has 0 fully saturated rings. The first-order valence-electron chi connectivity index (χ1n) is 10.1. The van der Waals surface area contributed by atoms with Crippen molar-refractivity contribution >= 4 is 24.2 Å². The van der Waals surface area contributed by atoms with Crippen molar-refractivity contribution in [3.63, 3.8) is 0 Å². The van der Waals surface area contributed by atoms with Crippen LogP contribution in [0.1, 0.15) is 48.0 Å². The molecule has 0 spiro atoms. The molecule has 176 valence electrons. The van der Waals surface area contributed by atoms with Gasteiger partial charge in [0.15, 0.2) is 21.6 Å². The lowest BCUT2D eigenvalue weighted by molar-refractivity contribution is -0.310. The van der Waals surface area contributed by atoms with Gasteiger partial charge < -0.3 is 23.0 Å². The van der Waals surface area contributed by atoms with Crippen molar-refractivity contribution in [3.05, 3.63) is 16.2 Å². The molecule has 11 heteroatoms. The van der Waals surface area contributed by atoms with Gasteiger partial charge in [-0.1, -0.05) is 41.5 Å². The van der Waals surface area contributed by atoms with Crippen LogP contribution >= 0.6 is 7.60 Å². The highest BCUT2D eigenvalue weighted by Crippen LogP contribution is 2.56. The van der Waals surface area contributed by atoms with Gasteiger partial charge in [-0.2, -0.15) is 0 Å². The van der Waals surface area contributed by atoms with Crippen molar-refractivity contribution in [1.29, 1.82) is 5.39 Å². The summed E-state index contributed by atoms with van der Waals surface area (Å²) in [5, 5.41) is 22.1. The van der Waals surface area contributed by atoms with Gasteiger partial charge in [-0.05, 0) is 48.4 Å². The van der Waals surface area contributed by atoms with Gasteiger partial charge >= 0.3 is 13.0 Å². The third-order valence-corrected chi connectivity index (χ3v) is 17.1. The van der Waals surface area contributed by atoms with Crippen LogP contribution in [0.25, 0.3) is 4.98 Å². The molecule has 0 N–H and O–H groups in total. The zero-order valence-corrected chi connectivity index (χ0v) is 23.7. The molecule has 0 aliphatic rings. The Bertz CT molecular complexity index is 697. The molecule has 0 bridgehead atoms. The summed E-state index contributed by atoms with van der Waals surface area (Å²) in [6.07, 6.45) is -0.733. The molecule has 0 saturated carbocycles. The molecule has 0 aliphatic heterocycles. The molecular formula is C19H41N2O6PSi2. The van der Waals surface area contributed by atoms with E-state index in [1.807, 2.05) is 0 Å². The maximum absolute atomic E-state index is 12.9. The number of diazo groups is 1. The van der Waals surface area contributed by atoms with Crippen molar-refractivity contribution in [1.82, 2.24) is 0 Å². The summed E-state index contributed by atoms with van der Waals surface area (Å²) < 4.78 is 35.0. The van der Waals surface area contributed by atoms with E-state index in [9.17, 15) is 15.1 Å². The second kappa shape index (κ2) is 10.4. The van der Waals surface area contributed by atoms with E-state index in [0.717, 1.165) is 14.2 Å². The van der Waals surface area contributed by atoms with Crippen LogP contribution in [0.4, 0.5) is 0 Å². The van der Waals surface area contributed by atoms with Gasteiger partial charge in [0.1, 0.15) is 0 Å². The van der Waals surface area contributed by atoms with Crippen molar-refractivity contribution < 1.29 is 27.6 Å². The van der Waals surface area contributed by atoms with Gasteiger partial charge in [-0.3, -0.25) is 0 Å². The highest BCUT2D eigenvalue weighted by molar-refractivity contribution is 7.58. The number of hydrogen-bond acceptors (Lipinski definition) is 7. The van der Waals surface area contributed by atoms with E-state index in [1.165, 1.54) is 0 Å². The molecule has 0 saturated heterocycles. The Labute approximate surface area is 184 Å². The fourth-order valence-corrected chi connectivity index (χ4v) is 5.43. The largest absolute Gasteiger partial charge is 0.870 e. The Hall–Kier alpha value is -0.536. The molecule has 1 atom stereocenters. The molecule has 1 unspecified atom stereocenters. The molecule has 0 rings (SSSR count). The molecule has 0 aromatic rings. The third kappa shape index (κ3) is 7.55. The topological polar surface area (TPSA) is 105 Å². The Morgan fingerprint density at radius 3 is 1.77 bits per heavy atom. The van der Waals surface area contributed by atoms with E-state index in [2.05, 4.69) is 72.7 Å². The van der Waals surface area contributed by atoms with E-state index < -0.39 is 41.5 Å². The molecule has 0 aromatic carbocycles. The highest BCUT2D eigenvalue weighted by Gasteiger charge is 2.44. The van der Waals surface area contributed by atoms with Gasteiger partial charge in [0.2, 0.25) is 5.39 Å². The van der Waals surface area contributed by atoms with E-state index in [-0.39, 0.29) is 23.1 Å². The summed E-state index contributed by atoms with van der Waals surface area (Å²) in [4.78, 5) is 2.93. The first-order chi connectivity index (χ1) is 13.3. The summed E-state index contributed by atoms with van der Waals surface area (Å²) in [6.45, 7) is 21.4. The highest BCUT2D eigenvalue weighted by atomic mass is 31.2. The lowest BCUT2D eigenvalue weighted by Gasteiger charge is -2.42. The normalized spacial score (nSPS) is 16.1. The van der Waals surface area contributed by atoms with E-state index in [0.29, 0.717) is 0 Å². The summed E-state index contributed by atoms with van der Waals surface area (Å²) in [6, 6.07) is 0. The Morgan fingerprint density at radius 2 is 1.43 bits per heavy atom. The lowest BCUT2D eigenvalue weighted by atomic mass is 10.2. The minimum atomic E-state index is -3.99. The van der Waals surface area contributed by atoms with Gasteiger partial charge in [0.05, 0.1) is 12.7 Å². The maximum atomic E-state index is 12.9. The number of rotatable bonds is 10. The van der Waals surface area contributed by atoms with Crippen LogP contribution in [-0.2, 0) is 22.5 Å². The van der Waals surface area contributed by atoms with Crippen molar-refractivity contribution in [2.45, 2.75) is 90.3 Å². The quantitative estimate of drug-likeness (QED) is 0.172. The van der Waals surface area contributed by atoms with Gasteiger partial charge in [-0.25, -0.2) is 4.57 Å². The summed E-state index contributed by atoms with van der Waals surface area (Å²) in [5.41, 5.74) is -0.636. The fraction of sp³-hybridized carbons (Fsp3) is 0.895. The smallest absolute Gasteiger partial charge is 0.459 e. The standard InChI is InChI=1S/C19H41N2O6PSi2/c1-18(2,3)29(9,10)26-14-15(27-30(11,12)19(4,5)6)13-16(22)17(21-20)28(23,24-7)25-8/h15H,13-14H2,1-12H3. The van der Waals surface area contributed by atoms with Crippen molar-refractivity contribution in [3.8, 4) is 0 Å². The lowest BCUT2D eigenvalue weighted by Crippen LogP contribution is -2.48. The van der Waals surface area contributed by atoms with E-state index >= 15 is 0 Å². The molecule has 0 aromatic heterocycles. The van der Waals surface area contributed by atoms with Crippen LogP contribution in [0, 0.1) is 5.39 Å². The zero-order chi connectivity index (χ0) is 24.2. The van der Waals surface area contributed by atoms with Crippen molar-refractivity contribution in [2.75, 3.05) is 20.8 Å². The molecule has 0 amide bonds. The molecular weight excluding hydrogens is 439 g/mol. The Balaban J connectivity index is 5.99. The maximum Gasteiger partial charge on any atom is 0.459 e. The van der Waals surface area contributed by atoms with E-state index in [4.69, 9.17) is 17.9 Å². The molecule has 30 heavy (non-hydrogen) atoms. The molecule has 0 heterocycles. The number of hydrogen-bond donors (Lipinski definition) is 0. The van der Waals surface area contributed by atoms with Gasteiger partial charge in [-0.15, -0.1) is 0 Å². The predicted octanol–water partition coefficient (Wildman–Crippen LogP) is 5.66. The van der Waals surface area contributed by atoms with Crippen LogP contribution in [0.15, 0.2) is 11.2 Å². The molecule has 0 aliphatic carbocycles. The second-order valence-corrected chi connectivity index (χ2v) is 22.2. The van der Waals surface area contributed by atoms with Crippen LogP contribution in [0.3, 0.4) is 0 Å². The van der Waals surface area contributed by atoms with Crippen LogP contribution < -0.4 is 5.11 Å². The fourth-order valence-electron chi connectivity index (χ4n) is 2.05.